The molecule has 4 rings (SSSR count). The lowest BCUT2D eigenvalue weighted by Crippen LogP contribution is -2.26. The molecule has 132 valence electrons. The van der Waals surface area contributed by atoms with Crippen LogP contribution in [0.5, 0.6) is 0 Å². The van der Waals surface area contributed by atoms with Crippen molar-refractivity contribution in [2.45, 2.75) is 32.7 Å². The quantitative estimate of drug-likeness (QED) is 0.769. The van der Waals surface area contributed by atoms with Crippen molar-refractivity contribution in [2.24, 2.45) is 0 Å². The van der Waals surface area contributed by atoms with Crippen LogP contribution in [0.15, 0.2) is 36.9 Å². The third-order valence-electron chi connectivity index (χ3n) is 4.32. The Bertz CT molecular complexity index is 878. The average molecular weight is 348 g/mol. The molecule has 0 amide bonds. The van der Waals surface area contributed by atoms with Crippen LogP contribution in [0.2, 0.25) is 0 Å². The summed E-state index contributed by atoms with van der Waals surface area (Å²) in [5, 5.41) is 3.24. The minimum absolute atomic E-state index is 0.0690. The van der Waals surface area contributed by atoms with E-state index < -0.39 is 0 Å². The van der Waals surface area contributed by atoms with Crippen LogP contribution in [-0.4, -0.2) is 36.4 Å². The molecular weight excluding hydrogens is 328 g/mol. The fourth-order valence-electron chi connectivity index (χ4n) is 3.31. The minimum atomic E-state index is 0.0690. The molecule has 0 saturated carbocycles. The molecule has 1 aliphatic rings. The summed E-state index contributed by atoms with van der Waals surface area (Å²) < 4.78 is 0. The molecule has 3 aromatic rings. The highest BCUT2D eigenvalue weighted by Crippen LogP contribution is 2.36. The first-order valence-corrected chi connectivity index (χ1v) is 8.64. The molecule has 8 heteroatoms. The third-order valence-corrected chi connectivity index (χ3v) is 4.32. The Hall–Kier alpha value is -3.16. The Balaban J connectivity index is 1.67. The number of nitrogens with one attached hydrogen (secondary N) is 1. The Morgan fingerprint density at radius 1 is 0.962 bits per heavy atom. The molecular formula is C18H20N8. The van der Waals surface area contributed by atoms with Gasteiger partial charge in [-0.15, -0.1) is 0 Å². The van der Waals surface area contributed by atoms with Crippen LogP contribution >= 0.6 is 0 Å². The number of aryl methyl sites for hydroxylation is 2. The smallest absolute Gasteiger partial charge is 0.228 e. The maximum absolute atomic E-state index is 4.60. The molecule has 1 saturated heterocycles. The van der Waals surface area contributed by atoms with Crippen LogP contribution in [0.3, 0.4) is 0 Å². The van der Waals surface area contributed by atoms with E-state index in [0.717, 1.165) is 36.5 Å². The van der Waals surface area contributed by atoms with E-state index in [1.54, 1.807) is 24.8 Å². The zero-order valence-corrected chi connectivity index (χ0v) is 14.8. The van der Waals surface area contributed by atoms with Crippen LogP contribution in [0, 0.1) is 13.8 Å². The van der Waals surface area contributed by atoms with Crippen molar-refractivity contribution in [1.29, 1.82) is 0 Å². The first-order valence-electron chi connectivity index (χ1n) is 8.64. The van der Waals surface area contributed by atoms with Crippen molar-refractivity contribution in [1.82, 2.24) is 29.9 Å². The van der Waals surface area contributed by atoms with E-state index in [-0.39, 0.29) is 6.04 Å². The summed E-state index contributed by atoms with van der Waals surface area (Å²) in [7, 11) is 0. The van der Waals surface area contributed by atoms with E-state index in [1.165, 1.54) is 0 Å². The SMILES string of the molecule is Cc1cc(C)nc(Nc2nccnc2[C@@H]2CCCN2c2ncccn2)n1. The predicted octanol–water partition coefficient (Wildman–Crippen LogP) is 2.76. The molecule has 1 atom stereocenters. The van der Waals surface area contributed by atoms with Crippen LogP contribution in [0.25, 0.3) is 0 Å². The maximum Gasteiger partial charge on any atom is 0.228 e. The van der Waals surface area contributed by atoms with Crippen LogP contribution in [-0.2, 0) is 0 Å². The second kappa shape index (κ2) is 6.99. The summed E-state index contributed by atoms with van der Waals surface area (Å²) in [5.41, 5.74) is 2.68. The third kappa shape index (κ3) is 3.30. The normalized spacial score (nSPS) is 16.7. The lowest BCUT2D eigenvalue weighted by molar-refractivity contribution is 0.677. The molecule has 8 nitrogen and oxygen atoms in total. The highest BCUT2D eigenvalue weighted by molar-refractivity contribution is 5.54. The molecule has 0 aliphatic carbocycles. The van der Waals surface area contributed by atoms with Gasteiger partial charge in [0.25, 0.3) is 0 Å². The fraction of sp³-hybridized carbons (Fsp3) is 0.333. The fourth-order valence-corrected chi connectivity index (χ4v) is 3.31. The van der Waals surface area contributed by atoms with Gasteiger partial charge in [-0.25, -0.2) is 24.9 Å². The highest BCUT2D eigenvalue weighted by Gasteiger charge is 2.31. The zero-order valence-electron chi connectivity index (χ0n) is 14.8. The first-order chi connectivity index (χ1) is 12.7. The molecule has 0 unspecified atom stereocenters. The van der Waals surface area contributed by atoms with E-state index in [1.807, 2.05) is 26.0 Å². The molecule has 0 bridgehead atoms. The predicted molar refractivity (Wildman–Crippen MR) is 98.2 cm³/mol. The average Bonchev–Trinajstić information content (AvgIpc) is 3.11. The van der Waals surface area contributed by atoms with Gasteiger partial charge in [-0.05, 0) is 38.8 Å². The Labute approximate surface area is 151 Å². The molecule has 0 spiro atoms. The van der Waals surface area contributed by atoms with Gasteiger partial charge in [-0.2, -0.15) is 0 Å². The monoisotopic (exact) mass is 348 g/mol. The van der Waals surface area contributed by atoms with Gasteiger partial charge >= 0.3 is 0 Å². The second-order valence-corrected chi connectivity index (χ2v) is 6.29. The van der Waals surface area contributed by atoms with Crippen LogP contribution < -0.4 is 10.2 Å². The number of aromatic nitrogens is 6. The van der Waals surface area contributed by atoms with E-state index in [2.05, 4.69) is 40.1 Å². The summed E-state index contributed by atoms with van der Waals surface area (Å²) in [6, 6.07) is 3.83. The molecule has 4 heterocycles. The van der Waals surface area contributed by atoms with Crippen molar-refractivity contribution in [3.8, 4) is 0 Å². The first kappa shape index (κ1) is 16.3. The summed E-state index contributed by atoms with van der Waals surface area (Å²) in [6.07, 6.45) is 8.93. The van der Waals surface area contributed by atoms with Crippen molar-refractivity contribution in [3.05, 3.63) is 54.0 Å². The lowest BCUT2D eigenvalue weighted by Gasteiger charge is -2.25. The van der Waals surface area contributed by atoms with Gasteiger partial charge in [-0.1, -0.05) is 0 Å². The number of anilines is 3. The Morgan fingerprint density at radius 2 is 1.69 bits per heavy atom. The van der Waals surface area contributed by atoms with Crippen LogP contribution in [0.4, 0.5) is 17.7 Å². The molecule has 3 aromatic heterocycles. The van der Waals surface area contributed by atoms with E-state index in [9.17, 15) is 0 Å². The van der Waals surface area contributed by atoms with Crippen molar-refractivity contribution in [2.75, 3.05) is 16.8 Å². The van der Waals surface area contributed by atoms with Crippen molar-refractivity contribution >= 4 is 17.7 Å². The summed E-state index contributed by atoms with van der Waals surface area (Å²) >= 11 is 0. The second-order valence-electron chi connectivity index (χ2n) is 6.29. The lowest BCUT2D eigenvalue weighted by atomic mass is 10.1. The molecule has 0 aromatic carbocycles. The molecule has 26 heavy (non-hydrogen) atoms. The molecule has 0 radical (unpaired) electrons. The van der Waals surface area contributed by atoms with Gasteiger partial charge in [0, 0.05) is 42.7 Å². The Morgan fingerprint density at radius 3 is 2.46 bits per heavy atom. The number of hydrogen-bond donors (Lipinski definition) is 1. The number of nitrogens with zero attached hydrogens (tertiary/aromatic N) is 7. The van der Waals surface area contributed by atoms with Gasteiger partial charge < -0.3 is 10.2 Å². The van der Waals surface area contributed by atoms with Crippen molar-refractivity contribution < 1.29 is 0 Å². The summed E-state index contributed by atoms with van der Waals surface area (Å²) in [6.45, 7) is 4.79. The van der Waals surface area contributed by atoms with Gasteiger partial charge in [0.05, 0.1) is 6.04 Å². The van der Waals surface area contributed by atoms with Gasteiger partial charge in [0.2, 0.25) is 11.9 Å². The van der Waals surface area contributed by atoms with Gasteiger partial charge in [-0.3, -0.25) is 4.98 Å². The molecule has 1 fully saturated rings. The number of hydrogen-bond acceptors (Lipinski definition) is 8. The minimum Gasteiger partial charge on any atom is -0.332 e. The number of rotatable bonds is 4. The molecule has 1 aliphatic heterocycles. The highest BCUT2D eigenvalue weighted by atomic mass is 15.3. The van der Waals surface area contributed by atoms with E-state index >= 15 is 0 Å². The van der Waals surface area contributed by atoms with Crippen molar-refractivity contribution in [3.63, 3.8) is 0 Å². The maximum atomic E-state index is 4.60. The van der Waals surface area contributed by atoms with Gasteiger partial charge in [0.15, 0.2) is 5.82 Å². The summed E-state index contributed by atoms with van der Waals surface area (Å²) in [5.74, 6) is 1.92. The van der Waals surface area contributed by atoms with E-state index in [4.69, 9.17) is 0 Å². The largest absolute Gasteiger partial charge is 0.332 e. The zero-order chi connectivity index (χ0) is 17.9. The molecule has 1 N–H and O–H groups in total. The van der Waals surface area contributed by atoms with Crippen LogP contribution in [0.1, 0.15) is 36.0 Å². The van der Waals surface area contributed by atoms with Gasteiger partial charge in [0.1, 0.15) is 5.69 Å². The standard InChI is InChI=1S/C18H20N8/c1-12-11-13(2)24-17(23-12)25-16-15(19-8-9-20-16)14-5-3-10-26(14)18-21-6-4-7-22-18/h4,6-9,11,14H,3,5,10H2,1-2H3,(H,20,23,24,25)/t14-/m0/s1. The van der Waals surface area contributed by atoms with E-state index in [0.29, 0.717) is 17.7 Å². The summed E-state index contributed by atoms with van der Waals surface area (Å²) in [4.78, 5) is 28.9. The topological polar surface area (TPSA) is 92.6 Å². The Kier molecular flexibility index (Phi) is 4.39.